The standard InChI is InChI=1S/C25H29FN6O2.C11H14FN.C10H18N2S.C6H5Cl.C2H6/c1-16-6-5-7-19(26)22(16)23-18(25(34)29-11-9-20(27)33)15-30-24(23)31-21-14-17(8-10-28-21)32-12-3-2-4-13-32;12-10-5-4-6-11(9-10)13-7-2-1-3-8-13;11-10(13)12-6-5-8-3-1-2-4-9(8)7-12;7-6-4-2-1-3-5-6;1-2/h5-8,10,14-15,30H,2-4,9,11-13H2,1H3,(H2,27,33)(H,28,31)(H,29,34);4-6,9H,1-3,7-8H2;8-9H,1-7H2,(H2,11,13);1-5H;1-2H3. The molecule has 2 aromatic heterocycles. The number of halogens is 3. The van der Waals surface area contributed by atoms with Crippen LogP contribution in [0.15, 0.2) is 97.3 Å². The fourth-order valence-electron chi connectivity index (χ4n) is 9.31. The first-order valence-electron chi connectivity index (χ1n) is 24.7. The number of hydrogen-bond donors (Lipinski definition) is 5. The van der Waals surface area contributed by atoms with E-state index in [1.807, 2.05) is 62.4 Å². The number of nitrogens with zero attached hydrogens (tertiary/aromatic N) is 4. The summed E-state index contributed by atoms with van der Waals surface area (Å²) in [4.78, 5) is 38.2. The Bertz CT molecular complexity index is 2340. The number of primary amides is 1. The molecular weight excluding hydrogens is 912 g/mol. The number of amides is 2. The number of rotatable bonds is 9. The zero-order valence-corrected chi connectivity index (χ0v) is 42.2. The summed E-state index contributed by atoms with van der Waals surface area (Å²) in [5.41, 5.74) is 14.6. The lowest BCUT2D eigenvalue weighted by molar-refractivity contribution is -0.117. The number of nitrogens with one attached hydrogen (secondary N) is 3. The number of carbonyl (C=O) groups excluding carboxylic acids is 2. The molecule has 372 valence electrons. The van der Waals surface area contributed by atoms with Crippen LogP contribution in [0, 0.1) is 30.4 Å². The fourth-order valence-corrected chi connectivity index (χ4v) is 9.62. The van der Waals surface area contributed by atoms with Crippen molar-refractivity contribution < 1.29 is 18.4 Å². The summed E-state index contributed by atoms with van der Waals surface area (Å²) >= 11 is 10.6. The van der Waals surface area contributed by atoms with E-state index in [0.29, 0.717) is 33.4 Å². The number of carbonyl (C=O) groups is 2. The third kappa shape index (κ3) is 17.0. The van der Waals surface area contributed by atoms with E-state index in [1.165, 1.54) is 76.1 Å². The summed E-state index contributed by atoms with van der Waals surface area (Å²) < 4.78 is 27.9. The lowest BCUT2D eigenvalue weighted by Crippen LogP contribution is -2.46. The van der Waals surface area contributed by atoms with E-state index in [9.17, 15) is 18.4 Å². The molecule has 4 aliphatic rings. The van der Waals surface area contributed by atoms with Gasteiger partial charge in [0.2, 0.25) is 5.91 Å². The van der Waals surface area contributed by atoms with Crippen LogP contribution >= 0.6 is 23.8 Å². The van der Waals surface area contributed by atoms with E-state index < -0.39 is 17.6 Å². The minimum Gasteiger partial charge on any atom is -0.376 e. The molecule has 7 N–H and O–H groups in total. The number of aryl methyl sites for hydroxylation is 1. The van der Waals surface area contributed by atoms with Crippen LogP contribution in [0.2, 0.25) is 5.02 Å². The van der Waals surface area contributed by atoms with E-state index in [-0.39, 0.29) is 24.3 Å². The Labute approximate surface area is 418 Å². The summed E-state index contributed by atoms with van der Waals surface area (Å²) in [5.74, 6) is 1.37. The number of fused-ring (bicyclic) bond motifs is 1. The number of pyridine rings is 1. The van der Waals surface area contributed by atoms with Crippen LogP contribution in [0.1, 0.15) is 107 Å². The van der Waals surface area contributed by atoms with E-state index in [1.54, 1.807) is 37.4 Å². The second-order valence-electron chi connectivity index (χ2n) is 17.6. The molecular formula is C54H72ClF2N9O2S. The highest BCUT2D eigenvalue weighted by atomic mass is 35.5. The number of H-pyrrole nitrogens is 1. The molecule has 5 aromatic rings. The Morgan fingerprint density at radius 2 is 1.41 bits per heavy atom. The number of thiocarbonyl (C=S) groups is 1. The summed E-state index contributed by atoms with van der Waals surface area (Å²) in [6, 6.07) is 25.0. The van der Waals surface area contributed by atoms with Crippen LogP contribution in [0.4, 0.5) is 31.8 Å². The van der Waals surface area contributed by atoms with Gasteiger partial charge in [0.25, 0.3) is 5.91 Å². The van der Waals surface area contributed by atoms with Crippen molar-refractivity contribution in [2.24, 2.45) is 23.3 Å². The zero-order chi connectivity index (χ0) is 49.5. The Morgan fingerprint density at radius 1 is 0.768 bits per heavy atom. The normalized spacial score (nSPS) is 17.3. The maximum atomic E-state index is 15.0. The van der Waals surface area contributed by atoms with E-state index in [2.05, 4.69) is 35.3 Å². The van der Waals surface area contributed by atoms with Gasteiger partial charge < -0.3 is 41.8 Å². The molecule has 9 rings (SSSR count). The monoisotopic (exact) mass is 984 g/mol. The average molecular weight is 985 g/mol. The van der Waals surface area contributed by atoms with Gasteiger partial charge in [-0.1, -0.05) is 81.1 Å². The van der Waals surface area contributed by atoms with Gasteiger partial charge in [0, 0.05) is 98.2 Å². The summed E-state index contributed by atoms with van der Waals surface area (Å²) in [6.07, 6.45) is 17.6. The maximum Gasteiger partial charge on any atom is 0.253 e. The predicted molar refractivity (Wildman–Crippen MR) is 284 cm³/mol. The lowest BCUT2D eigenvalue weighted by atomic mass is 9.75. The molecule has 11 nitrogen and oxygen atoms in total. The Kier molecular flexibility index (Phi) is 22.5. The number of benzene rings is 3. The number of piperidine rings is 3. The van der Waals surface area contributed by atoms with Crippen molar-refractivity contribution in [1.29, 1.82) is 0 Å². The SMILES string of the molecule is CC.Cc1cccc(F)c1-c1c(C(=O)NCCC(N)=O)c[nH]c1Nc1cc(N2CCCCC2)ccn1.Clc1ccccc1.Fc1cccc(N2CCCCC2)c1.NC(=S)N1CCC2CCCCC2C1. The van der Waals surface area contributed by atoms with Gasteiger partial charge in [0.05, 0.1) is 5.56 Å². The zero-order valence-electron chi connectivity index (χ0n) is 40.6. The van der Waals surface area contributed by atoms with Crippen molar-refractivity contribution in [2.45, 2.75) is 97.8 Å². The molecule has 2 amide bonds. The molecule has 4 fully saturated rings. The van der Waals surface area contributed by atoms with Crippen molar-refractivity contribution in [1.82, 2.24) is 20.2 Å². The first kappa shape index (κ1) is 54.2. The highest BCUT2D eigenvalue weighted by molar-refractivity contribution is 7.80. The van der Waals surface area contributed by atoms with E-state index in [4.69, 9.17) is 35.3 Å². The van der Waals surface area contributed by atoms with Gasteiger partial charge >= 0.3 is 0 Å². The summed E-state index contributed by atoms with van der Waals surface area (Å²) in [7, 11) is 0. The van der Waals surface area contributed by atoms with Crippen LogP contribution in [-0.4, -0.2) is 77.6 Å². The number of nitrogens with two attached hydrogens (primary N) is 2. The fraction of sp³-hybridized carbons (Fsp3) is 0.444. The minimum absolute atomic E-state index is 0.0164. The van der Waals surface area contributed by atoms with Gasteiger partial charge in [0.15, 0.2) is 5.11 Å². The van der Waals surface area contributed by atoms with E-state index >= 15 is 0 Å². The molecule has 0 bridgehead atoms. The molecule has 1 saturated carbocycles. The topological polar surface area (TPSA) is 149 Å². The van der Waals surface area contributed by atoms with Crippen molar-refractivity contribution >= 4 is 63.8 Å². The molecule has 5 heterocycles. The smallest absolute Gasteiger partial charge is 0.253 e. The van der Waals surface area contributed by atoms with Crippen molar-refractivity contribution in [3.63, 3.8) is 0 Å². The van der Waals surface area contributed by atoms with E-state index in [0.717, 1.165) is 80.3 Å². The molecule has 3 aliphatic heterocycles. The third-order valence-corrected chi connectivity index (χ3v) is 13.3. The Morgan fingerprint density at radius 3 is 2.00 bits per heavy atom. The summed E-state index contributed by atoms with van der Waals surface area (Å²) in [5, 5.41) is 7.31. The molecule has 0 spiro atoms. The predicted octanol–water partition coefficient (Wildman–Crippen LogP) is 11.8. The van der Waals surface area contributed by atoms with Crippen LogP contribution < -0.4 is 31.9 Å². The number of anilines is 4. The molecule has 2 unspecified atom stereocenters. The lowest BCUT2D eigenvalue weighted by Gasteiger charge is -2.41. The molecule has 15 heteroatoms. The van der Waals surface area contributed by atoms with Gasteiger partial charge in [-0.3, -0.25) is 9.59 Å². The highest BCUT2D eigenvalue weighted by Gasteiger charge is 2.31. The summed E-state index contributed by atoms with van der Waals surface area (Å²) in [6.45, 7) is 12.3. The molecule has 69 heavy (non-hydrogen) atoms. The number of aromatic amines is 1. The first-order chi connectivity index (χ1) is 33.5. The molecule has 1 aliphatic carbocycles. The number of likely N-dealkylation sites (tertiary alicyclic amines) is 1. The van der Waals surface area contributed by atoms with Gasteiger partial charge in [-0.25, -0.2) is 13.8 Å². The molecule has 0 radical (unpaired) electrons. The first-order valence-corrected chi connectivity index (χ1v) is 25.5. The second-order valence-corrected chi connectivity index (χ2v) is 18.5. The van der Waals surface area contributed by atoms with Gasteiger partial charge in [-0.2, -0.15) is 0 Å². The second kappa shape index (κ2) is 28.7. The largest absolute Gasteiger partial charge is 0.376 e. The van der Waals surface area contributed by atoms with Crippen molar-refractivity contribution in [2.75, 3.05) is 60.9 Å². The molecule has 3 saturated heterocycles. The van der Waals surface area contributed by atoms with Gasteiger partial charge in [0.1, 0.15) is 23.3 Å². The minimum atomic E-state index is -0.512. The van der Waals surface area contributed by atoms with Crippen LogP contribution in [-0.2, 0) is 4.79 Å². The maximum absolute atomic E-state index is 15.0. The van der Waals surface area contributed by atoms with Crippen LogP contribution in [0.5, 0.6) is 0 Å². The van der Waals surface area contributed by atoms with Gasteiger partial charge in [-0.15, -0.1) is 0 Å². The number of aromatic nitrogens is 2. The van der Waals surface area contributed by atoms with Crippen molar-refractivity contribution in [3.8, 4) is 11.1 Å². The third-order valence-electron chi connectivity index (χ3n) is 12.8. The Balaban J connectivity index is 0.000000205. The molecule has 2 atom stereocenters. The van der Waals surface area contributed by atoms with Crippen molar-refractivity contribution in [3.05, 3.63) is 125 Å². The van der Waals surface area contributed by atoms with Crippen LogP contribution in [0.25, 0.3) is 11.1 Å². The van der Waals surface area contributed by atoms with Crippen LogP contribution in [0.3, 0.4) is 0 Å². The van der Waals surface area contributed by atoms with Gasteiger partial charge in [-0.05, 0) is 130 Å². The quantitative estimate of drug-likeness (QED) is 0.0910. The highest BCUT2D eigenvalue weighted by Crippen LogP contribution is 2.38. The number of hydrogen-bond acceptors (Lipinski definition) is 7. The average Bonchev–Trinajstić information content (AvgIpc) is 3.78. The molecule has 3 aromatic carbocycles. The Hall–Kier alpha value is -5.73.